The Morgan fingerprint density at radius 3 is 3.00 bits per heavy atom. The van der Waals surface area contributed by atoms with Crippen LogP contribution in [-0.2, 0) is 6.42 Å². The van der Waals surface area contributed by atoms with Gasteiger partial charge in [0.15, 0.2) is 0 Å². The van der Waals surface area contributed by atoms with Gasteiger partial charge in [-0.3, -0.25) is 0 Å². The first-order valence-electron chi connectivity index (χ1n) is 3.81. The second-order valence-corrected chi connectivity index (χ2v) is 2.33. The molecule has 1 aromatic heterocycles. The highest BCUT2D eigenvalue weighted by Gasteiger charge is 1.88. The molecule has 0 spiro atoms. The molecule has 0 amide bonds. The van der Waals surface area contributed by atoms with Crippen molar-refractivity contribution in [2.45, 2.75) is 12.8 Å². The van der Waals surface area contributed by atoms with E-state index in [1.54, 1.807) is 6.26 Å². The lowest BCUT2D eigenvalue weighted by Crippen LogP contribution is -1.95. The minimum Gasteiger partial charge on any atom is -0.469 e. The van der Waals surface area contributed by atoms with Crippen molar-refractivity contribution in [2.75, 3.05) is 6.54 Å². The summed E-state index contributed by atoms with van der Waals surface area (Å²) in [7, 11) is 0. The van der Waals surface area contributed by atoms with E-state index in [1.165, 1.54) is 0 Å². The van der Waals surface area contributed by atoms with Crippen molar-refractivity contribution >= 4 is 0 Å². The summed E-state index contributed by atoms with van der Waals surface area (Å²) in [6.45, 7) is 0.717. The van der Waals surface area contributed by atoms with Gasteiger partial charge in [-0.2, -0.15) is 0 Å². The minimum absolute atomic E-state index is 0.717. The zero-order valence-electron chi connectivity index (χ0n) is 6.49. The van der Waals surface area contributed by atoms with Gasteiger partial charge >= 0.3 is 0 Å². The maximum Gasteiger partial charge on any atom is 0.107 e. The van der Waals surface area contributed by atoms with Gasteiger partial charge in [0, 0.05) is 6.42 Å². The smallest absolute Gasteiger partial charge is 0.107 e. The molecule has 0 aliphatic carbocycles. The molecule has 1 rings (SSSR count). The van der Waals surface area contributed by atoms with Crippen LogP contribution in [0.4, 0.5) is 0 Å². The molecule has 0 atom stereocenters. The van der Waals surface area contributed by atoms with Gasteiger partial charge in [-0.15, -0.1) is 0 Å². The number of nitrogens with two attached hydrogens (primary N) is 1. The third-order valence-corrected chi connectivity index (χ3v) is 1.40. The van der Waals surface area contributed by atoms with E-state index in [1.807, 2.05) is 12.1 Å². The third kappa shape index (κ3) is 3.05. The van der Waals surface area contributed by atoms with Crippen molar-refractivity contribution in [3.8, 4) is 0 Å². The van der Waals surface area contributed by atoms with Crippen LogP contribution in [0.3, 0.4) is 0 Å². The van der Waals surface area contributed by atoms with E-state index >= 15 is 0 Å². The van der Waals surface area contributed by atoms with Crippen LogP contribution >= 0.6 is 0 Å². The van der Waals surface area contributed by atoms with Crippen LogP contribution in [0, 0.1) is 0 Å². The quantitative estimate of drug-likeness (QED) is 0.665. The van der Waals surface area contributed by atoms with E-state index in [-0.39, 0.29) is 0 Å². The summed E-state index contributed by atoms with van der Waals surface area (Å²) in [5, 5.41) is 0. The monoisotopic (exact) mass is 151 g/mol. The Morgan fingerprint density at radius 1 is 1.45 bits per heavy atom. The van der Waals surface area contributed by atoms with Crippen LogP contribution in [0.25, 0.3) is 0 Å². The average molecular weight is 151 g/mol. The first kappa shape index (κ1) is 8.08. The normalized spacial score (nSPS) is 11.0. The van der Waals surface area contributed by atoms with Gasteiger partial charge in [0.25, 0.3) is 0 Å². The molecule has 2 heteroatoms. The zero-order chi connectivity index (χ0) is 7.94. The van der Waals surface area contributed by atoms with Gasteiger partial charge in [0.1, 0.15) is 5.76 Å². The summed E-state index contributed by atoms with van der Waals surface area (Å²) < 4.78 is 5.13. The first-order chi connectivity index (χ1) is 5.43. The fraction of sp³-hybridized carbons (Fsp3) is 0.333. The highest BCUT2D eigenvalue weighted by molar-refractivity contribution is 5.03. The van der Waals surface area contributed by atoms with Crippen LogP contribution in [-0.4, -0.2) is 6.54 Å². The molecule has 2 nitrogen and oxygen atoms in total. The molecule has 1 heterocycles. The Labute approximate surface area is 66.7 Å². The predicted octanol–water partition coefficient (Wildman–Crippen LogP) is 1.73. The molecular weight excluding hydrogens is 138 g/mol. The van der Waals surface area contributed by atoms with Crippen LogP contribution < -0.4 is 5.73 Å². The lowest BCUT2D eigenvalue weighted by Gasteiger charge is -1.87. The predicted molar refractivity (Wildman–Crippen MR) is 45.2 cm³/mol. The average Bonchev–Trinajstić information content (AvgIpc) is 2.50. The molecule has 0 aromatic carbocycles. The Balaban J connectivity index is 2.23. The molecule has 11 heavy (non-hydrogen) atoms. The maximum atomic E-state index is 5.31. The molecule has 2 N–H and O–H groups in total. The van der Waals surface area contributed by atoms with Gasteiger partial charge in [0.2, 0.25) is 0 Å². The number of allylic oxidation sites excluding steroid dienone is 1. The van der Waals surface area contributed by atoms with E-state index < -0.39 is 0 Å². The second-order valence-electron chi connectivity index (χ2n) is 2.33. The van der Waals surface area contributed by atoms with Crippen molar-refractivity contribution < 1.29 is 4.42 Å². The van der Waals surface area contributed by atoms with Crippen molar-refractivity contribution in [1.29, 1.82) is 0 Å². The molecule has 0 saturated heterocycles. The van der Waals surface area contributed by atoms with Crippen molar-refractivity contribution in [3.05, 3.63) is 36.3 Å². The van der Waals surface area contributed by atoms with E-state index in [2.05, 4.69) is 12.2 Å². The summed E-state index contributed by atoms with van der Waals surface area (Å²) >= 11 is 0. The molecule has 0 saturated carbocycles. The molecule has 0 aliphatic rings. The Bertz CT molecular complexity index is 201. The Morgan fingerprint density at radius 2 is 2.36 bits per heavy atom. The van der Waals surface area contributed by atoms with E-state index in [9.17, 15) is 0 Å². The van der Waals surface area contributed by atoms with Crippen molar-refractivity contribution in [2.24, 2.45) is 5.73 Å². The maximum absolute atomic E-state index is 5.31. The van der Waals surface area contributed by atoms with Gasteiger partial charge < -0.3 is 10.2 Å². The minimum atomic E-state index is 0.717. The lowest BCUT2D eigenvalue weighted by atomic mass is 10.3. The molecule has 60 valence electrons. The number of hydrogen-bond acceptors (Lipinski definition) is 2. The Hall–Kier alpha value is -1.02. The highest BCUT2D eigenvalue weighted by Crippen LogP contribution is 2.01. The summed E-state index contributed by atoms with van der Waals surface area (Å²) in [6, 6.07) is 3.86. The second kappa shape index (κ2) is 4.74. The molecule has 1 aromatic rings. The Kier molecular flexibility index (Phi) is 3.48. The van der Waals surface area contributed by atoms with E-state index in [4.69, 9.17) is 10.2 Å². The van der Waals surface area contributed by atoms with Gasteiger partial charge in [0.05, 0.1) is 6.26 Å². The molecule has 0 aliphatic heterocycles. The standard InChI is InChI=1S/C9H13NO/c10-7-3-1-2-5-9-6-4-8-11-9/h1-2,4,6,8H,3,5,7,10H2/b2-1-. The summed E-state index contributed by atoms with van der Waals surface area (Å²) in [5.74, 6) is 0.998. The highest BCUT2D eigenvalue weighted by atomic mass is 16.3. The van der Waals surface area contributed by atoms with Gasteiger partial charge in [-0.05, 0) is 25.1 Å². The fourth-order valence-electron chi connectivity index (χ4n) is 0.842. The van der Waals surface area contributed by atoms with Crippen LogP contribution in [0.5, 0.6) is 0 Å². The van der Waals surface area contributed by atoms with Crippen molar-refractivity contribution in [1.82, 2.24) is 0 Å². The topological polar surface area (TPSA) is 39.2 Å². The fourth-order valence-corrected chi connectivity index (χ4v) is 0.842. The number of rotatable bonds is 4. The lowest BCUT2D eigenvalue weighted by molar-refractivity contribution is 0.523. The molecule has 0 unspecified atom stereocenters. The molecule has 0 radical (unpaired) electrons. The molecule has 0 fully saturated rings. The van der Waals surface area contributed by atoms with Crippen LogP contribution in [0.1, 0.15) is 12.2 Å². The third-order valence-electron chi connectivity index (χ3n) is 1.40. The molecular formula is C9H13NO. The van der Waals surface area contributed by atoms with Crippen LogP contribution in [0.2, 0.25) is 0 Å². The zero-order valence-corrected chi connectivity index (χ0v) is 6.49. The summed E-state index contributed by atoms with van der Waals surface area (Å²) in [6.07, 6.45) is 7.65. The number of hydrogen-bond donors (Lipinski definition) is 1. The van der Waals surface area contributed by atoms with Crippen LogP contribution in [0.15, 0.2) is 35.0 Å². The van der Waals surface area contributed by atoms with E-state index in [0.717, 1.165) is 18.6 Å². The summed E-state index contributed by atoms with van der Waals surface area (Å²) in [4.78, 5) is 0. The first-order valence-corrected chi connectivity index (χ1v) is 3.81. The number of furan rings is 1. The van der Waals surface area contributed by atoms with Gasteiger partial charge in [-0.25, -0.2) is 0 Å². The largest absolute Gasteiger partial charge is 0.469 e. The van der Waals surface area contributed by atoms with E-state index in [0.29, 0.717) is 6.54 Å². The molecule has 0 bridgehead atoms. The summed E-state index contributed by atoms with van der Waals surface area (Å²) in [5.41, 5.74) is 5.31. The SMILES string of the molecule is NCC/C=C\Cc1ccco1. The van der Waals surface area contributed by atoms with Crippen molar-refractivity contribution in [3.63, 3.8) is 0 Å². The van der Waals surface area contributed by atoms with Gasteiger partial charge in [-0.1, -0.05) is 12.2 Å².